The van der Waals surface area contributed by atoms with Gasteiger partial charge in [0.25, 0.3) is 0 Å². The molecule has 1 N–H and O–H groups in total. The van der Waals surface area contributed by atoms with Gasteiger partial charge in [0.05, 0.1) is 6.20 Å². The van der Waals surface area contributed by atoms with E-state index >= 15 is 0 Å². The molecule has 1 aliphatic rings. The van der Waals surface area contributed by atoms with Gasteiger partial charge < -0.3 is 20.0 Å². The molecule has 142 valence electrons. The minimum atomic E-state index is 0.226. The summed E-state index contributed by atoms with van der Waals surface area (Å²) in [6, 6.07) is 20.7. The summed E-state index contributed by atoms with van der Waals surface area (Å²) in [7, 11) is 3.85. The van der Waals surface area contributed by atoms with Crippen LogP contribution in [-0.2, 0) is 17.8 Å². The predicted molar refractivity (Wildman–Crippen MR) is 108 cm³/mol. The normalized spacial score (nSPS) is 15.1. The van der Waals surface area contributed by atoms with Gasteiger partial charge in [-0.1, -0.05) is 66.3 Å². The number of hydrogen-bond acceptors (Lipinski definition) is 4. The Kier molecular flexibility index (Phi) is 6.33. The monoisotopic (exact) mass is 364 g/mol. The molecule has 1 atom stereocenters. The minimum absolute atomic E-state index is 0.226. The number of nitrogens with zero attached hydrogens (tertiary/aromatic N) is 4. The second kappa shape index (κ2) is 9.09. The van der Waals surface area contributed by atoms with Crippen LogP contribution in [0.15, 0.2) is 77.7 Å². The third-order valence-corrected chi connectivity index (χ3v) is 4.21. The molecule has 0 aliphatic carbocycles. The van der Waals surface area contributed by atoms with E-state index in [0.29, 0.717) is 18.4 Å². The summed E-state index contributed by atoms with van der Waals surface area (Å²) in [5.41, 5.74) is 5.34. The molecule has 2 aromatic rings. The van der Waals surface area contributed by atoms with Crippen LogP contribution in [0.2, 0.25) is 0 Å². The second-order valence-electron chi connectivity index (χ2n) is 6.71. The summed E-state index contributed by atoms with van der Waals surface area (Å²) in [5, 5.41) is 6.53. The van der Waals surface area contributed by atoms with E-state index in [4.69, 9.17) is 4.84 Å². The topological polar surface area (TPSA) is 54.2 Å². The summed E-state index contributed by atoms with van der Waals surface area (Å²) in [6.45, 7) is 2.71. The molecule has 0 bridgehead atoms. The second-order valence-corrected chi connectivity index (χ2v) is 6.71. The highest BCUT2D eigenvalue weighted by atomic mass is 16.7. The van der Waals surface area contributed by atoms with Crippen molar-refractivity contribution in [3.63, 3.8) is 0 Å². The molecule has 0 radical (unpaired) electrons. The van der Waals surface area contributed by atoms with Gasteiger partial charge in [-0.05, 0) is 38.6 Å². The predicted octanol–water partition coefficient (Wildman–Crippen LogP) is 3.66. The highest BCUT2D eigenvalue weighted by Gasteiger charge is 2.17. The van der Waals surface area contributed by atoms with E-state index < -0.39 is 0 Å². The molecular weight excluding hydrogens is 338 g/mol. The molecule has 1 unspecified atom stereocenters. The van der Waals surface area contributed by atoms with Crippen LogP contribution in [-0.4, -0.2) is 36.0 Å². The van der Waals surface area contributed by atoms with E-state index in [-0.39, 0.29) is 6.04 Å². The van der Waals surface area contributed by atoms with Crippen LogP contribution in [0.4, 0.5) is 0 Å². The molecule has 1 heterocycles. The molecule has 0 saturated carbocycles. The fourth-order valence-corrected chi connectivity index (χ4v) is 2.71. The molecule has 6 nitrogen and oxygen atoms in total. The number of guanidine groups is 1. The van der Waals surface area contributed by atoms with Crippen molar-refractivity contribution in [1.82, 2.24) is 15.5 Å². The van der Waals surface area contributed by atoms with Crippen molar-refractivity contribution in [2.75, 3.05) is 14.1 Å². The molecule has 0 saturated heterocycles. The van der Waals surface area contributed by atoms with Gasteiger partial charge >= 0.3 is 0 Å². The molecule has 0 aromatic heterocycles. The molecule has 1 aliphatic heterocycles. The van der Waals surface area contributed by atoms with Crippen LogP contribution in [0.3, 0.4) is 0 Å². The number of benzene rings is 2. The van der Waals surface area contributed by atoms with Gasteiger partial charge in [-0.25, -0.2) is 0 Å². The van der Waals surface area contributed by atoms with Crippen molar-refractivity contribution in [2.24, 2.45) is 4.99 Å². The van der Waals surface area contributed by atoms with Crippen LogP contribution in [0.25, 0.3) is 5.32 Å². The third kappa shape index (κ3) is 5.49. The first-order chi connectivity index (χ1) is 13.1. The summed E-state index contributed by atoms with van der Waals surface area (Å²) >= 11 is 0. The van der Waals surface area contributed by atoms with Crippen molar-refractivity contribution in [1.29, 1.82) is 0 Å². The lowest BCUT2D eigenvalue weighted by Crippen LogP contribution is -2.37. The zero-order valence-electron chi connectivity index (χ0n) is 16.0. The van der Waals surface area contributed by atoms with E-state index in [1.807, 2.05) is 54.5 Å². The highest BCUT2D eigenvalue weighted by molar-refractivity contribution is 5.92. The van der Waals surface area contributed by atoms with Crippen LogP contribution in [0.1, 0.15) is 18.1 Å². The van der Waals surface area contributed by atoms with Gasteiger partial charge in [0, 0.05) is 18.5 Å². The summed E-state index contributed by atoms with van der Waals surface area (Å²) in [5.74, 6) is 1.11. The van der Waals surface area contributed by atoms with Crippen LogP contribution < -0.4 is 5.59 Å². The Balaban J connectivity index is 1.62. The summed E-state index contributed by atoms with van der Waals surface area (Å²) < 4.78 is 0. The Morgan fingerprint density at radius 3 is 2.33 bits per heavy atom. The first-order valence-electron chi connectivity index (χ1n) is 9.06. The molecule has 6 heteroatoms. The maximum atomic E-state index is 5.52. The smallest absolute Gasteiger partial charge is 0.191 e. The van der Waals surface area contributed by atoms with Gasteiger partial charge in [0.15, 0.2) is 5.88 Å². The zero-order chi connectivity index (χ0) is 19.1. The number of hydrogen-bond donors (Lipinski definition) is 1. The third-order valence-electron chi connectivity index (χ3n) is 4.21. The average Bonchev–Trinajstić information content (AvgIpc) is 3.15. The van der Waals surface area contributed by atoms with Crippen LogP contribution >= 0.6 is 0 Å². The molecule has 2 aromatic carbocycles. The molecule has 3 rings (SSSR count). The minimum Gasteiger partial charge on any atom is -0.432 e. The largest absolute Gasteiger partial charge is 0.432 e. The van der Waals surface area contributed by atoms with Crippen molar-refractivity contribution in [2.45, 2.75) is 25.9 Å². The van der Waals surface area contributed by atoms with Crippen LogP contribution in [0, 0.1) is 0 Å². The van der Waals surface area contributed by atoms with Crippen molar-refractivity contribution in [3.05, 3.63) is 89.2 Å². The van der Waals surface area contributed by atoms with E-state index in [9.17, 15) is 0 Å². The van der Waals surface area contributed by atoms with Crippen molar-refractivity contribution in [3.8, 4) is 0 Å². The van der Waals surface area contributed by atoms with Gasteiger partial charge in [0.2, 0.25) is 0 Å². The van der Waals surface area contributed by atoms with Crippen molar-refractivity contribution >= 4 is 5.96 Å². The first-order valence-corrected chi connectivity index (χ1v) is 9.06. The fourth-order valence-electron chi connectivity index (χ4n) is 2.71. The summed E-state index contributed by atoms with van der Waals surface area (Å²) in [4.78, 5) is 11.9. The lowest BCUT2D eigenvalue weighted by Gasteiger charge is -2.26. The van der Waals surface area contributed by atoms with E-state index in [1.54, 1.807) is 0 Å². The lowest BCUT2D eigenvalue weighted by molar-refractivity contribution is 0.00203. The molecular formula is C21H26N5O-. The van der Waals surface area contributed by atoms with Crippen LogP contribution in [0.5, 0.6) is 0 Å². The van der Waals surface area contributed by atoms with E-state index in [1.165, 1.54) is 5.56 Å². The maximum absolute atomic E-state index is 5.52. The quantitative estimate of drug-likeness (QED) is 0.628. The number of rotatable bonds is 6. The number of aliphatic imine (C=N–C) groups is 1. The summed E-state index contributed by atoms with van der Waals surface area (Å²) in [6.07, 6.45) is 2.78. The zero-order valence-corrected chi connectivity index (χ0v) is 16.0. The van der Waals surface area contributed by atoms with Gasteiger partial charge in [-0.3, -0.25) is 5.01 Å². The number of nitrogens with one attached hydrogen (secondary N) is 1. The molecule has 27 heavy (non-hydrogen) atoms. The SMILES string of the molecule is CC(Cc1ccccc1)N1C=C(N=C([N-]Cc2ccccc2)N(C)C)ON1. The molecule has 0 amide bonds. The van der Waals surface area contributed by atoms with Gasteiger partial charge in [0.1, 0.15) is 0 Å². The first kappa shape index (κ1) is 18.8. The maximum Gasteiger partial charge on any atom is 0.191 e. The Morgan fingerprint density at radius 1 is 1.07 bits per heavy atom. The lowest BCUT2D eigenvalue weighted by atomic mass is 10.1. The Hall–Kier alpha value is -2.99. The van der Waals surface area contributed by atoms with E-state index in [2.05, 4.69) is 59.2 Å². The Bertz CT molecular complexity index is 774. The average molecular weight is 364 g/mol. The fraction of sp³-hybridized carbons (Fsp3) is 0.286. The van der Waals surface area contributed by atoms with Crippen molar-refractivity contribution < 1.29 is 4.84 Å². The molecule has 0 fully saturated rings. The Morgan fingerprint density at radius 2 is 1.70 bits per heavy atom. The number of hydrazine groups is 1. The van der Waals surface area contributed by atoms with E-state index in [0.717, 1.165) is 12.0 Å². The Labute approximate surface area is 161 Å². The van der Waals surface area contributed by atoms with Gasteiger partial charge in [-0.2, -0.15) is 0 Å². The standard InChI is InChI=1S/C21H26N5O/c1-17(14-18-10-6-4-7-11-18)26-16-20(27-24-26)23-21(25(2)3)22-15-19-12-8-5-9-13-19/h4-13,16-17,24H,14-15H2,1-3H3/q-1. The molecule has 0 spiro atoms. The highest BCUT2D eigenvalue weighted by Crippen LogP contribution is 2.16. The van der Waals surface area contributed by atoms with Gasteiger partial charge in [-0.15, -0.1) is 0 Å².